The maximum Gasteiger partial charge on any atom is 0.306 e. The first-order valence-electron chi connectivity index (χ1n) is 21.9. The average Bonchev–Trinajstić information content (AvgIpc) is 3.40. The fourth-order valence-corrected chi connectivity index (χ4v) is 12.4. The predicted octanol–water partition coefficient (Wildman–Crippen LogP) is 14.3. The highest BCUT2D eigenvalue weighted by atomic mass is 16.5. The van der Waals surface area contributed by atoms with E-state index in [1.54, 1.807) is 0 Å². The largest absolute Gasteiger partial charge is 0.462 e. The predicted molar refractivity (Wildman–Crippen MR) is 202 cm³/mol. The lowest BCUT2D eigenvalue weighted by atomic mass is 9.44. The van der Waals surface area contributed by atoms with Crippen LogP contribution in [0.4, 0.5) is 0 Å². The SMILES string of the molecule is CCCCCCCCCCCCCCCCCC(=O)OC1CCC[C@@H]2CC[C@@H]3[C@@H]4CC[C@@H]([C@@H](C)CCCC(C)C)[C@@]4(C)CC[C@@H]3[C@@]12C. The Kier molecular flexibility index (Phi) is 16.5. The minimum absolute atomic E-state index is 0.116. The molecule has 1 unspecified atom stereocenters. The molecule has 0 spiro atoms. The molecule has 0 heterocycles. The summed E-state index contributed by atoms with van der Waals surface area (Å²) in [5, 5.41) is 0. The van der Waals surface area contributed by atoms with Crippen molar-refractivity contribution in [3.8, 4) is 0 Å². The van der Waals surface area contributed by atoms with E-state index < -0.39 is 0 Å². The molecule has 0 aromatic rings. The summed E-state index contributed by atoms with van der Waals surface area (Å²) in [7, 11) is 0. The molecule has 47 heavy (non-hydrogen) atoms. The third kappa shape index (κ3) is 10.5. The second kappa shape index (κ2) is 19.8. The molecule has 9 atom stereocenters. The van der Waals surface area contributed by atoms with E-state index in [1.807, 2.05) is 0 Å². The number of esters is 1. The van der Waals surface area contributed by atoms with Gasteiger partial charge in [0.1, 0.15) is 6.10 Å². The Morgan fingerprint density at radius 2 is 1.28 bits per heavy atom. The van der Waals surface area contributed by atoms with Gasteiger partial charge < -0.3 is 4.74 Å². The van der Waals surface area contributed by atoms with Crippen molar-refractivity contribution in [1.82, 2.24) is 0 Å². The summed E-state index contributed by atoms with van der Waals surface area (Å²) in [6.07, 6.45) is 37.8. The van der Waals surface area contributed by atoms with Gasteiger partial charge in [0.15, 0.2) is 0 Å². The summed E-state index contributed by atoms with van der Waals surface area (Å²) in [5.74, 6) is 6.02. The molecule has 0 bridgehead atoms. The third-order valence-electron chi connectivity index (χ3n) is 15.1. The number of ether oxygens (including phenoxy) is 1. The molecule has 0 amide bonds. The highest BCUT2D eigenvalue weighted by Crippen LogP contribution is 2.68. The third-order valence-corrected chi connectivity index (χ3v) is 15.1. The smallest absolute Gasteiger partial charge is 0.306 e. The van der Waals surface area contributed by atoms with Gasteiger partial charge in [-0.1, -0.05) is 151 Å². The van der Waals surface area contributed by atoms with E-state index in [4.69, 9.17) is 4.74 Å². The van der Waals surface area contributed by atoms with E-state index in [0.717, 1.165) is 54.3 Å². The van der Waals surface area contributed by atoms with E-state index in [1.165, 1.54) is 161 Å². The first kappa shape index (κ1) is 39.3. The van der Waals surface area contributed by atoms with E-state index >= 15 is 0 Å². The Balaban J connectivity index is 1.16. The Morgan fingerprint density at radius 1 is 0.660 bits per heavy atom. The van der Waals surface area contributed by atoms with Crippen LogP contribution in [0, 0.1) is 52.3 Å². The number of carbonyl (C=O) groups excluding carboxylic acids is 1. The zero-order valence-corrected chi connectivity index (χ0v) is 32.7. The van der Waals surface area contributed by atoms with Crippen LogP contribution in [-0.4, -0.2) is 12.1 Å². The fraction of sp³-hybridized carbons (Fsp3) is 0.978. The fourth-order valence-electron chi connectivity index (χ4n) is 12.4. The molecule has 2 nitrogen and oxygen atoms in total. The highest BCUT2D eigenvalue weighted by Gasteiger charge is 2.62. The van der Waals surface area contributed by atoms with Crippen LogP contribution in [-0.2, 0) is 9.53 Å². The Bertz CT molecular complexity index is 879. The van der Waals surface area contributed by atoms with E-state index in [2.05, 4.69) is 41.5 Å². The molecule has 4 rings (SSSR count). The number of hydrogen-bond acceptors (Lipinski definition) is 2. The van der Waals surface area contributed by atoms with Crippen LogP contribution in [0.5, 0.6) is 0 Å². The van der Waals surface area contributed by atoms with Crippen LogP contribution in [0.25, 0.3) is 0 Å². The van der Waals surface area contributed by atoms with Crippen LogP contribution in [0.15, 0.2) is 0 Å². The molecule has 0 saturated heterocycles. The molecular formula is C45H82O2. The molecule has 0 N–H and O–H groups in total. The van der Waals surface area contributed by atoms with Crippen molar-refractivity contribution in [3.63, 3.8) is 0 Å². The molecule has 0 aromatic carbocycles. The zero-order valence-electron chi connectivity index (χ0n) is 32.7. The molecule has 4 aliphatic carbocycles. The van der Waals surface area contributed by atoms with Crippen molar-refractivity contribution in [1.29, 1.82) is 0 Å². The van der Waals surface area contributed by atoms with Gasteiger partial charge in [0.05, 0.1) is 0 Å². The second-order valence-electron chi connectivity index (χ2n) is 18.7. The van der Waals surface area contributed by atoms with Crippen molar-refractivity contribution in [2.24, 2.45) is 52.3 Å². The van der Waals surface area contributed by atoms with Crippen molar-refractivity contribution in [3.05, 3.63) is 0 Å². The minimum atomic E-state index is 0.116. The van der Waals surface area contributed by atoms with Crippen molar-refractivity contribution < 1.29 is 9.53 Å². The summed E-state index contributed by atoms with van der Waals surface area (Å²) in [6.45, 7) is 15.0. The van der Waals surface area contributed by atoms with Crippen molar-refractivity contribution in [2.45, 2.75) is 227 Å². The topological polar surface area (TPSA) is 26.3 Å². The van der Waals surface area contributed by atoms with Crippen LogP contribution in [0.3, 0.4) is 0 Å². The molecular weight excluding hydrogens is 572 g/mol. The normalized spacial score (nSPS) is 34.1. The van der Waals surface area contributed by atoms with Gasteiger partial charge in [-0.15, -0.1) is 0 Å². The maximum absolute atomic E-state index is 13.3. The van der Waals surface area contributed by atoms with Gasteiger partial charge in [-0.05, 0) is 111 Å². The molecule has 4 aliphatic rings. The number of unbranched alkanes of at least 4 members (excludes halogenated alkanes) is 14. The Hall–Kier alpha value is -0.530. The van der Waals surface area contributed by atoms with Gasteiger partial charge >= 0.3 is 5.97 Å². The summed E-state index contributed by atoms with van der Waals surface area (Å²) >= 11 is 0. The number of hydrogen-bond donors (Lipinski definition) is 0. The van der Waals surface area contributed by atoms with Crippen LogP contribution in [0.1, 0.15) is 221 Å². The molecule has 274 valence electrons. The lowest BCUT2D eigenvalue weighted by molar-refractivity contribution is -0.192. The van der Waals surface area contributed by atoms with E-state index in [-0.39, 0.29) is 17.5 Å². The summed E-state index contributed by atoms with van der Waals surface area (Å²) in [6, 6.07) is 0. The Labute approximate surface area is 294 Å². The quantitative estimate of drug-likeness (QED) is 0.0857. The first-order chi connectivity index (χ1) is 22.7. The highest BCUT2D eigenvalue weighted by molar-refractivity contribution is 5.69. The molecule has 4 fully saturated rings. The number of fused-ring (bicyclic) bond motifs is 5. The van der Waals surface area contributed by atoms with Gasteiger partial charge in [0.25, 0.3) is 0 Å². The summed E-state index contributed by atoms with van der Waals surface area (Å²) in [4.78, 5) is 13.3. The van der Waals surface area contributed by atoms with Crippen LogP contribution < -0.4 is 0 Å². The standard InChI is InChI=1S/C45H82O2/c1-7-8-9-10-11-12-13-14-15-16-17-18-19-20-21-28-43(46)47-42-27-23-26-37-29-30-38-40-32-31-39(36(4)25-22-24-35(2)3)44(40,5)34-33-41(38)45(37,42)6/h35-42H,7-34H2,1-6H3/t36-,37+,38+,39-,40-,41-,42?,44+,45-/m0/s1. The van der Waals surface area contributed by atoms with Crippen LogP contribution in [0.2, 0.25) is 0 Å². The van der Waals surface area contributed by atoms with Crippen LogP contribution >= 0.6 is 0 Å². The summed E-state index contributed by atoms with van der Waals surface area (Å²) in [5.41, 5.74) is 0.740. The molecule has 0 aliphatic heterocycles. The van der Waals surface area contributed by atoms with Gasteiger partial charge in [-0.3, -0.25) is 4.79 Å². The van der Waals surface area contributed by atoms with E-state index in [9.17, 15) is 4.79 Å². The van der Waals surface area contributed by atoms with Gasteiger partial charge in [-0.25, -0.2) is 0 Å². The lowest BCUT2D eigenvalue weighted by Gasteiger charge is -2.62. The van der Waals surface area contributed by atoms with Crippen molar-refractivity contribution >= 4 is 5.97 Å². The van der Waals surface area contributed by atoms with Crippen molar-refractivity contribution in [2.75, 3.05) is 0 Å². The summed E-state index contributed by atoms with van der Waals surface area (Å²) < 4.78 is 6.55. The lowest BCUT2D eigenvalue weighted by Crippen LogP contribution is -2.58. The number of carbonyl (C=O) groups is 1. The van der Waals surface area contributed by atoms with Gasteiger partial charge in [-0.2, -0.15) is 0 Å². The molecule has 2 heteroatoms. The maximum atomic E-state index is 13.3. The minimum Gasteiger partial charge on any atom is -0.462 e. The van der Waals surface area contributed by atoms with E-state index in [0.29, 0.717) is 11.8 Å². The Morgan fingerprint density at radius 3 is 1.89 bits per heavy atom. The first-order valence-corrected chi connectivity index (χ1v) is 21.9. The average molecular weight is 655 g/mol. The molecule has 0 aromatic heterocycles. The monoisotopic (exact) mass is 655 g/mol. The number of rotatable bonds is 22. The van der Waals surface area contributed by atoms with Gasteiger partial charge in [0.2, 0.25) is 0 Å². The zero-order chi connectivity index (χ0) is 33.7. The molecule has 0 radical (unpaired) electrons. The molecule has 4 saturated carbocycles. The second-order valence-corrected chi connectivity index (χ2v) is 18.7. The van der Waals surface area contributed by atoms with Gasteiger partial charge in [0, 0.05) is 11.8 Å².